The van der Waals surface area contributed by atoms with Gasteiger partial charge in [0, 0.05) is 11.5 Å². The van der Waals surface area contributed by atoms with Crippen LogP contribution in [0.1, 0.15) is 38.2 Å². The first kappa shape index (κ1) is 28.9. The molecule has 2 aromatic rings. The van der Waals surface area contributed by atoms with Gasteiger partial charge in [0.1, 0.15) is 5.82 Å². The van der Waals surface area contributed by atoms with Gasteiger partial charge in [-0.3, -0.25) is 19.2 Å². The smallest absolute Gasteiger partial charge is 0.423 e. The Morgan fingerprint density at radius 3 is 2.53 bits per heavy atom. The van der Waals surface area contributed by atoms with Gasteiger partial charge in [0.2, 0.25) is 23.6 Å². The number of carbonyl (C=O) groups excluding carboxylic acids is 5. The molecule has 2 aliphatic carbocycles. The number of fused-ring (bicyclic) bond motifs is 4. The number of halogens is 2. The molecule has 10 nitrogen and oxygen atoms in total. The zero-order valence-electron chi connectivity index (χ0n) is 23.5. The first-order chi connectivity index (χ1) is 20.5. The van der Waals surface area contributed by atoms with Gasteiger partial charge in [-0.2, -0.15) is 4.90 Å². The SMILES string of the molecule is CCOc1cccc(C2C3=CCC4C(=O)N(C(=O)OC)C(=O)C4C3CC3C(=O)N(c4ccc(F)c(Cl)c4)C(=O)C32C)c1O. The Bertz CT molecular complexity index is 1640. The number of benzene rings is 2. The third-order valence-corrected chi connectivity index (χ3v) is 9.72. The van der Waals surface area contributed by atoms with Crippen LogP contribution in [0.5, 0.6) is 11.5 Å². The van der Waals surface area contributed by atoms with Crippen molar-refractivity contribution in [2.75, 3.05) is 18.6 Å². The summed E-state index contributed by atoms with van der Waals surface area (Å²) in [4.78, 5) is 69.3. The number of anilines is 1. The molecule has 0 spiro atoms. The first-order valence-electron chi connectivity index (χ1n) is 13.9. The Hall–Kier alpha value is -4.25. The topological polar surface area (TPSA) is 131 Å². The van der Waals surface area contributed by atoms with Crippen molar-refractivity contribution in [3.63, 3.8) is 0 Å². The van der Waals surface area contributed by atoms with Gasteiger partial charge in [-0.1, -0.05) is 35.4 Å². The summed E-state index contributed by atoms with van der Waals surface area (Å²) >= 11 is 6.02. The van der Waals surface area contributed by atoms with E-state index in [1.165, 1.54) is 12.1 Å². The Kier molecular flexibility index (Phi) is 6.83. The second-order valence-corrected chi connectivity index (χ2v) is 11.8. The molecule has 224 valence electrons. The summed E-state index contributed by atoms with van der Waals surface area (Å²) in [5.41, 5.74) is -0.447. The molecule has 0 radical (unpaired) electrons. The number of carbonyl (C=O) groups is 5. The number of imide groups is 4. The summed E-state index contributed by atoms with van der Waals surface area (Å²) in [7, 11) is 1.07. The largest absolute Gasteiger partial charge is 0.504 e. The normalized spacial score (nSPS) is 29.7. The number of phenolic OH excluding ortho intramolecular Hbond substituents is 1. The van der Waals surface area contributed by atoms with Gasteiger partial charge >= 0.3 is 6.09 Å². The first-order valence-corrected chi connectivity index (χ1v) is 14.3. The Labute approximate surface area is 251 Å². The molecule has 1 saturated carbocycles. The number of rotatable bonds is 4. The van der Waals surface area contributed by atoms with E-state index in [2.05, 4.69) is 0 Å². The number of methoxy groups -OCH3 is 1. The summed E-state index contributed by atoms with van der Waals surface area (Å²) in [6.45, 7) is 3.66. The van der Waals surface area contributed by atoms with Crippen molar-refractivity contribution in [2.24, 2.45) is 29.1 Å². The quantitative estimate of drug-likeness (QED) is 0.393. The number of aromatic hydroxyl groups is 1. The molecule has 0 aromatic heterocycles. The number of hydrogen-bond donors (Lipinski definition) is 1. The Balaban J connectivity index is 1.54. The summed E-state index contributed by atoms with van der Waals surface area (Å²) in [5.74, 6) is -7.78. The fraction of sp³-hybridized carbons (Fsp3) is 0.387. The van der Waals surface area contributed by atoms with E-state index in [4.69, 9.17) is 21.1 Å². The average Bonchev–Trinajstić information content (AvgIpc) is 3.35. The van der Waals surface area contributed by atoms with Gasteiger partial charge in [-0.05, 0) is 56.9 Å². The molecule has 6 unspecified atom stereocenters. The van der Waals surface area contributed by atoms with Crippen LogP contribution in [0, 0.1) is 34.9 Å². The number of amides is 5. The van der Waals surface area contributed by atoms with E-state index in [1.54, 1.807) is 38.1 Å². The van der Waals surface area contributed by atoms with E-state index >= 15 is 0 Å². The summed E-state index contributed by atoms with van der Waals surface area (Å²) in [5, 5.41) is 11.1. The van der Waals surface area contributed by atoms with Gasteiger partial charge in [0.15, 0.2) is 11.5 Å². The molecule has 12 heteroatoms. The van der Waals surface area contributed by atoms with E-state index < -0.39 is 70.5 Å². The van der Waals surface area contributed by atoms with E-state index in [9.17, 15) is 33.5 Å². The molecule has 2 aliphatic heterocycles. The molecule has 2 aromatic carbocycles. The number of ether oxygens (including phenoxy) is 2. The molecule has 2 saturated heterocycles. The number of nitrogens with zero attached hydrogens (tertiary/aromatic N) is 2. The van der Waals surface area contributed by atoms with Gasteiger partial charge in [-0.25, -0.2) is 14.1 Å². The minimum atomic E-state index is -1.46. The van der Waals surface area contributed by atoms with Crippen LogP contribution in [0.15, 0.2) is 48.0 Å². The number of hydrogen-bond acceptors (Lipinski definition) is 8. The summed E-state index contributed by atoms with van der Waals surface area (Å²) in [6.07, 6.45) is 0.829. The fourth-order valence-corrected chi connectivity index (χ4v) is 7.72. The van der Waals surface area contributed by atoms with Crippen molar-refractivity contribution in [3.8, 4) is 11.5 Å². The third-order valence-electron chi connectivity index (χ3n) is 9.43. The lowest BCUT2D eigenvalue weighted by molar-refractivity contribution is -0.138. The van der Waals surface area contributed by atoms with E-state index in [1.807, 2.05) is 0 Å². The molecule has 5 amide bonds. The van der Waals surface area contributed by atoms with Crippen molar-refractivity contribution in [3.05, 3.63) is 64.5 Å². The maximum atomic E-state index is 14.4. The minimum absolute atomic E-state index is 0.0238. The van der Waals surface area contributed by atoms with E-state index in [0.717, 1.165) is 18.1 Å². The highest BCUT2D eigenvalue weighted by Gasteiger charge is 2.68. The number of para-hydroxylation sites is 1. The van der Waals surface area contributed by atoms with Crippen molar-refractivity contribution in [2.45, 2.75) is 32.6 Å². The minimum Gasteiger partial charge on any atom is -0.504 e. The van der Waals surface area contributed by atoms with Gasteiger partial charge in [-0.15, -0.1) is 0 Å². The molecule has 6 atom stereocenters. The van der Waals surface area contributed by atoms with Crippen LogP contribution in [-0.2, 0) is 23.9 Å². The molecular weight excluding hydrogens is 583 g/mol. The lowest BCUT2D eigenvalue weighted by Crippen LogP contribution is -2.49. The number of allylic oxidation sites excluding steroid dienone is 2. The highest BCUT2D eigenvalue weighted by atomic mass is 35.5. The Morgan fingerprint density at radius 1 is 1.12 bits per heavy atom. The predicted octanol–water partition coefficient (Wildman–Crippen LogP) is 4.58. The monoisotopic (exact) mass is 610 g/mol. The molecule has 3 fully saturated rings. The van der Waals surface area contributed by atoms with Crippen molar-refractivity contribution >= 4 is 47.0 Å². The molecule has 2 heterocycles. The standard InChI is InChI=1S/C31H28ClFN2O8/c1-4-43-22-7-5-6-17(25(22)36)24-15-9-10-16-23(28(39)35(26(16)37)30(41)42-3)18(15)13-19-27(38)34(29(40)31(19,24)2)14-8-11-21(33)20(32)12-14/h5-9,11-12,16,18-19,23-24,36H,4,10,13H2,1-3H3. The highest BCUT2D eigenvalue weighted by molar-refractivity contribution is 6.31. The van der Waals surface area contributed by atoms with Crippen molar-refractivity contribution in [1.29, 1.82) is 0 Å². The molecule has 43 heavy (non-hydrogen) atoms. The maximum absolute atomic E-state index is 14.4. The van der Waals surface area contributed by atoms with Gasteiger partial charge < -0.3 is 14.6 Å². The lowest BCUT2D eigenvalue weighted by atomic mass is 9.51. The van der Waals surface area contributed by atoms with E-state index in [-0.39, 0.29) is 41.7 Å². The molecule has 0 bridgehead atoms. The second-order valence-electron chi connectivity index (χ2n) is 11.4. The van der Waals surface area contributed by atoms with E-state index in [0.29, 0.717) is 16.0 Å². The molecule has 6 rings (SSSR count). The van der Waals surface area contributed by atoms with Gasteiger partial charge in [0.25, 0.3) is 0 Å². The van der Waals surface area contributed by atoms with Crippen LogP contribution in [0.3, 0.4) is 0 Å². The average molecular weight is 611 g/mol. The van der Waals surface area contributed by atoms with Crippen LogP contribution < -0.4 is 9.64 Å². The van der Waals surface area contributed by atoms with Crippen molar-refractivity contribution < 1.29 is 42.9 Å². The van der Waals surface area contributed by atoms with Crippen LogP contribution in [0.2, 0.25) is 5.02 Å². The fourth-order valence-electron chi connectivity index (χ4n) is 7.55. The summed E-state index contributed by atoms with van der Waals surface area (Å²) < 4.78 is 24.3. The Morgan fingerprint density at radius 2 is 1.86 bits per heavy atom. The number of phenols is 1. The van der Waals surface area contributed by atoms with Crippen LogP contribution in [0.25, 0.3) is 0 Å². The van der Waals surface area contributed by atoms with Crippen LogP contribution in [-0.4, -0.2) is 53.4 Å². The highest BCUT2D eigenvalue weighted by Crippen LogP contribution is 2.64. The van der Waals surface area contributed by atoms with Crippen LogP contribution in [0.4, 0.5) is 14.9 Å². The third kappa shape index (κ3) is 3.93. The lowest BCUT2D eigenvalue weighted by Gasteiger charge is -2.49. The van der Waals surface area contributed by atoms with Crippen LogP contribution >= 0.6 is 11.6 Å². The maximum Gasteiger partial charge on any atom is 0.423 e. The molecular formula is C31H28ClFN2O8. The van der Waals surface area contributed by atoms with Gasteiger partial charge in [0.05, 0.1) is 47.6 Å². The number of likely N-dealkylation sites (tertiary alicyclic amines) is 1. The predicted molar refractivity (Wildman–Crippen MR) is 150 cm³/mol. The zero-order valence-corrected chi connectivity index (χ0v) is 24.3. The second kappa shape index (κ2) is 10.2. The zero-order chi connectivity index (χ0) is 31.0. The summed E-state index contributed by atoms with van der Waals surface area (Å²) in [6, 6.07) is 8.43. The molecule has 1 N–H and O–H groups in total. The molecule has 4 aliphatic rings. The van der Waals surface area contributed by atoms with Crippen molar-refractivity contribution in [1.82, 2.24) is 4.90 Å².